The summed E-state index contributed by atoms with van der Waals surface area (Å²) < 4.78 is 5.14. The molecule has 1 aromatic rings. The molecule has 0 aliphatic carbocycles. The highest BCUT2D eigenvalue weighted by molar-refractivity contribution is 5.83. The van der Waals surface area contributed by atoms with Gasteiger partial charge >= 0.3 is 5.97 Å². The van der Waals surface area contributed by atoms with Crippen molar-refractivity contribution in [3.63, 3.8) is 0 Å². The normalized spacial score (nSPS) is 24.0. The minimum Gasteiger partial charge on any atom is -0.481 e. The number of hydrogen-bond acceptors (Lipinski definition) is 4. The number of likely N-dealkylation sites (tertiary alicyclic amines) is 1. The lowest BCUT2D eigenvalue weighted by Gasteiger charge is -2.40. The van der Waals surface area contributed by atoms with Crippen molar-refractivity contribution in [2.24, 2.45) is 5.41 Å². The Hall–Kier alpha value is -2.67. The number of carbonyl (C=O) groups excluding carboxylic acids is 2. The summed E-state index contributed by atoms with van der Waals surface area (Å²) in [6.45, 7) is 2.19. The lowest BCUT2D eigenvalue weighted by Crippen LogP contribution is -2.52. The molecule has 2 aliphatic heterocycles. The SMILES string of the molecule is COCC1(C(=O)O)CCCN(C(=O)CC2c3ccccc3C=CN2C(C)=O)C1. The predicted molar refractivity (Wildman–Crippen MR) is 103 cm³/mol. The molecule has 7 nitrogen and oxygen atoms in total. The Labute approximate surface area is 164 Å². The van der Waals surface area contributed by atoms with Gasteiger partial charge in [-0.25, -0.2) is 0 Å². The van der Waals surface area contributed by atoms with Gasteiger partial charge in [-0.3, -0.25) is 14.4 Å². The molecule has 1 N–H and O–H groups in total. The van der Waals surface area contributed by atoms with Crippen LogP contribution < -0.4 is 0 Å². The molecule has 2 heterocycles. The highest BCUT2D eigenvalue weighted by Crippen LogP contribution is 2.35. The topological polar surface area (TPSA) is 87.2 Å². The van der Waals surface area contributed by atoms with Gasteiger partial charge in [-0.1, -0.05) is 24.3 Å². The summed E-state index contributed by atoms with van der Waals surface area (Å²) in [6.07, 6.45) is 4.79. The quantitative estimate of drug-likeness (QED) is 0.839. The molecule has 1 saturated heterocycles. The lowest BCUT2D eigenvalue weighted by atomic mass is 9.80. The number of methoxy groups -OCH3 is 1. The fraction of sp³-hybridized carbons (Fsp3) is 0.476. The van der Waals surface area contributed by atoms with Crippen molar-refractivity contribution < 1.29 is 24.2 Å². The second-order valence-electron chi connectivity index (χ2n) is 7.53. The lowest BCUT2D eigenvalue weighted by molar-refractivity contribution is -0.159. The van der Waals surface area contributed by atoms with Crippen molar-refractivity contribution in [1.29, 1.82) is 0 Å². The van der Waals surface area contributed by atoms with Crippen molar-refractivity contribution in [1.82, 2.24) is 9.80 Å². The maximum absolute atomic E-state index is 13.1. The third kappa shape index (κ3) is 3.80. The smallest absolute Gasteiger partial charge is 0.313 e. The van der Waals surface area contributed by atoms with E-state index in [2.05, 4.69) is 0 Å². The van der Waals surface area contributed by atoms with E-state index >= 15 is 0 Å². The summed E-state index contributed by atoms with van der Waals surface area (Å²) in [7, 11) is 1.47. The summed E-state index contributed by atoms with van der Waals surface area (Å²) >= 11 is 0. The molecule has 150 valence electrons. The van der Waals surface area contributed by atoms with Gasteiger partial charge in [0.25, 0.3) is 0 Å². The van der Waals surface area contributed by atoms with Crippen LogP contribution in [0, 0.1) is 5.41 Å². The minimum atomic E-state index is -1.08. The van der Waals surface area contributed by atoms with Crippen LogP contribution in [0.2, 0.25) is 0 Å². The fourth-order valence-electron chi connectivity index (χ4n) is 4.18. The molecule has 28 heavy (non-hydrogen) atoms. The number of hydrogen-bond donors (Lipinski definition) is 1. The van der Waals surface area contributed by atoms with Gasteiger partial charge in [-0.15, -0.1) is 0 Å². The van der Waals surface area contributed by atoms with Crippen molar-refractivity contribution in [3.8, 4) is 0 Å². The number of carboxylic acid groups (broad SMARTS) is 1. The molecule has 7 heteroatoms. The van der Waals surface area contributed by atoms with Gasteiger partial charge in [-0.05, 0) is 30.0 Å². The first-order valence-electron chi connectivity index (χ1n) is 9.44. The zero-order valence-corrected chi connectivity index (χ0v) is 16.3. The summed E-state index contributed by atoms with van der Waals surface area (Å²) in [6, 6.07) is 7.30. The van der Waals surface area contributed by atoms with Gasteiger partial charge in [0.2, 0.25) is 11.8 Å². The molecule has 0 spiro atoms. The largest absolute Gasteiger partial charge is 0.481 e. The van der Waals surface area contributed by atoms with E-state index in [4.69, 9.17) is 4.74 Å². The van der Waals surface area contributed by atoms with E-state index in [1.165, 1.54) is 14.0 Å². The van der Waals surface area contributed by atoms with Crippen molar-refractivity contribution in [3.05, 3.63) is 41.6 Å². The molecule has 0 aromatic heterocycles. The van der Waals surface area contributed by atoms with Crippen LogP contribution >= 0.6 is 0 Å². The Balaban J connectivity index is 1.81. The monoisotopic (exact) mass is 386 g/mol. The van der Waals surface area contributed by atoms with Crippen LogP contribution in [0.4, 0.5) is 0 Å². The maximum Gasteiger partial charge on any atom is 0.313 e. The molecule has 1 aromatic carbocycles. The van der Waals surface area contributed by atoms with E-state index in [9.17, 15) is 19.5 Å². The van der Waals surface area contributed by atoms with Gasteiger partial charge in [0, 0.05) is 33.3 Å². The Morgan fingerprint density at radius 1 is 1.29 bits per heavy atom. The van der Waals surface area contributed by atoms with Crippen LogP contribution in [0.25, 0.3) is 6.08 Å². The maximum atomic E-state index is 13.1. The highest BCUT2D eigenvalue weighted by Gasteiger charge is 2.44. The van der Waals surface area contributed by atoms with Gasteiger partial charge < -0.3 is 19.6 Å². The van der Waals surface area contributed by atoms with Gasteiger partial charge in [0.05, 0.1) is 19.1 Å². The average Bonchev–Trinajstić information content (AvgIpc) is 2.68. The third-order valence-electron chi connectivity index (χ3n) is 5.64. The number of amides is 2. The Bertz CT molecular complexity index is 802. The first-order chi connectivity index (χ1) is 13.4. The van der Waals surface area contributed by atoms with Crippen LogP contribution in [0.3, 0.4) is 0 Å². The number of benzene rings is 1. The fourth-order valence-corrected chi connectivity index (χ4v) is 4.18. The number of rotatable bonds is 5. The number of piperidine rings is 1. The number of carboxylic acids is 1. The molecule has 0 bridgehead atoms. The summed E-state index contributed by atoms with van der Waals surface area (Å²) in [5, 5.41) is 9.71. The molecule has 0 radical (unpaired) electrons. The molecule has 2 aliphatic rings. The zero-order valence-electron chi connectivity index (χ0n) is 16.3. The van der Waals surface area contributed by atoms with Crippen LogP contribution in [-0.2, 0) is 19.1 Å². The molecule has 2 unspecified atom stereocenters. The molecular formula is C21H26N2O5. The molecule has 2 amide bonds. The summed E-state index contributed by atoms with van der Waals surface area (Å²) in [5.41, 5.74) is 0.829. The van der Waals surface area contributed by atoms with Crippen LogP contribution in [0.5, 0.6) is 0 Å². The molecule has 2 atom stereocenters. The Morgan fingerprint density at radius 3 is 2.71 bits per heavy atom. The minimum absolute atomic E-state index is 0.0701. The molecule has 0 saturated carbocycles. The van der Waals surface area contributed by atoms with Crippen molar-refractivity contribution in [2.75, 3.05) is 26.8 Å². The van der Waals surface area contributed by atoms with Crippen molar-refractivity contribution in [2.45, 2.75) is 32.2 Å². The van der Waals surface area contributed by atoms with Crippen molar-refractivity contribution >= 4 is 23.9 Å². The van der Waals surface area contributed by atoms with E-state index in [1.807, 2.05) is 30.3 Å². The van der Waals surface area contributed by atoms with Gasteiger partial charge in [0.1, 0.15) is 5.41 Å². The number of fused-ring (bicyclic) bond motifs is 1. The predicted octanol–water partition coefficient (Wildman–Crippen LogP) is 2.29. The van der Waals surface area contributed by atoms with Crippen LogP contribution in [0.15, 0.2) is 30.5 Å². The zero-order chi connectivity index (χ0) is 20.3. The average molecular weight is 386 g/mol. The van der Waals surface area contributed by atoms with Gasteiger partial charge in [-0.2, -0.15) is 0 Å². The second-order valence-corrected chi connectivity index (χ2v) is 7.53. The van der Waals surface area contributed by atoms with Crippen LogP contribution in [0.1, 0.15) is 43.4 Å². The first-order valence-corrected chi connectivity index (χ1v) is 9.44. The molecule has 3 rings (SSSR count). The Morgan fingerprint density at radius 2 is 2.04 bits per heavy atom. The highest BCUT2D eigenvalue weighted by atomic mass is 16.5. The number of ether oxygens (including phenoxy) is 1. The third-order valence-corrected chi connectivity index (χ3v) is 5.64. The van der Waals surface area contributed by atoms with E-state index in [-0.39, 0.29) is 31.4 Å². The van der Waals surface area contributed by atoms with Crippen LogP contribution in [-0.4, -0.2) is 59.5 Å². The van der Waals surface area contributed by atoms with Gasteiger partial charge in [0.15, 0.2) is 0 Å². The van der Waals surface area contributed by atoms with E-state index in [0.29, 0.717) is 19.4 Å². The number of carbonyl (C=O) groups is 3. The summed E-state index contributed by atoms with van der Waals surface area (Å²) in [5.74, 6) is -1.23. The summed E-state index contributed by atoms with van der Waals surface area (Å²) in [4.78, 5) is 40.2. The second kappa shape index (κ2) is 8.14. The number of aliphatic carboxylic acids is 1. The molecule has 1 fully saturated rings. The number of nitrogens with zero attached hydrogens (tertiary/aromatic N) is 2. The van der Waals surface area contributed by atoms with E-state index in [0.717, 1.165) is 11.1 Å². The van der Waals surface area contributed by atoms with E-state index < -0.39 is 17.4 Å². The molecular weight excluding hydrogens is 360 g/mol. The van der Waals surface area contributed by atoms with E-state index in [1.54, 1.807) is 16.0 Å². The Kier molecular flexibility index (Phi) is 5.84. The standard InChI is InChI=1S/C21H26N2O5/c1-15(24)23-11-8-16-6-3-4-7-17(16)18(23)12-19(25)22-10-5-9-21(13-22,14-28-2)20(26)27/h3-4,6-8,11,18H,5,9-10,12-14H2,1-2H3,(H,26,27). The first kappa shape index (κ1) is 20.1.